The molecule has 1 aromatic carbocycles. The summed E-state index contributed by atoms with van der Waals surface area (Å²) in [5.74, 6) is -0.180. The van der Waals surface area contributed by atoms with Crippen LogP contribution in [-0.2, 0) is 0 Å². The van der Waals surface area contributed by atoms with Crippen LogP contribution >= 0.6 is 0 Å². The number of hydrogen-bond donors (Lipinski definition) is 4. The van der Waals surface area contributed by atoms with Crippen LogP contribution in [0.25, 0.3) is 0 Å². The molecule has 2 heterocycles. The highest BCUT2D eigenvalue weighted by atomic mass is 16.3. The predicted octanol–water partition coefficient (Wildman–Crippen LogP) is 0.992. The molecule has 2 fully saturated rings. The molecular formula is C20H33N3O3. The first-order chi connectivity index (χ1) is 12.6. The molecule has 4 N–H and O–H groups in total. The molecule has 0 bridgehead atoms. The number of likely N-dealkylation sites (tertiary alicyclic amines) is 1. The summed E-state index contributed by atoms with van der Waals surface area (Å²) in [7, 11) is 0. The molecule has 3 atom stereocenters. The van der Waals surface area contributed by atoms with Crippen LogP contribution < -0.4 is 10.6 Å². The van der Waals surface area contributed by atoms with Crippen LogP contribution in [0.2, 0.25) is 0 Å². The number of unbranched alkanes of at least 4 members (excludes halogenated alkanes) is 1. The minimum absolute atomic E-state index is 0.180. The van der Waals surface area contributed by atoms with E-state index in [1.54, 1.807) is 24.3 Å². The number of aliphatic hydroxyl groups is 2. The highest BCUT2D eigenvalue weighted by Gasteiger charge is 2.32. The molecule has 6 heteroatoms. The van der Waals surface area contributed by atoms with Crippen LogP contribution in [0.5, 0.6) is 0 Å². The Morgan fingerprint density at radius 1 is 1.23 bits per heavy atom. The van der Waals surface area contributed by atoms with Crippen molar-refractivity contribution in [1.82, 2.24) is 15.5 Å². The van der Waals surface area contributed by atoms with Crippen molar-refractivity contribution in [3.05, 3.63) is 35.9 Å². The Bertz CT molecular complexity index is 520. The van der Waals surface area contributed by atoms with E-state index in [9.17, 15) is 15.0 Å². The van der Waals surface area contributed by atoms with Crippen LogP contribution in [0.15, 0.2) is 30.3 Å². The summed E-state index contributed by atoms with van der Waals surface area (Å²) < 4.78 is 0. The summed E-state index contributed by atoms with van der Waals surface area (Å²) in [6, 6.07) is 8.58. The highest BCUT2D eigenvalue weighted by molar-refractivity contribution is 5.94. The van der Waals surface area contributed by atoms with Crippen molar-refractivity contribution in [2.24, 2.45) is 0 Å². The van der Waals surface area contributed by atoms with Crippen molar-refractivity contribution >= 4 is 5.91 Å². The zero-order valence-corrected chi connectivity index (χ0v) is 15.7. The fourth-order valence-electron chi connectivity index (χ4n) is 3.26. The van der Waals surface area contributed by atoms with Gasteiger partial charge in [0.25, 0.3) is 5.91 Å². The van der Waals surface area contributed by atoms with E-state index < -0.39 is 12.2 Å². The monoisotopic (exact) mass is 363 g/mol. The SMILES string of the molecule is CCCCN1CCCC1.O=C(NC[C@H]1NC[C@H](O)[C@@H]1O)c1ccccc1. The molecule has 26 heavy (non-hydrogen) atoms. The number of benzene rings is 1. The van der Waals surface area contributed by atoms with Crippen molar-refractivity contribution in [2.45, 2.75) is 50.9 Å². The van der Waals surface area contributed by atoms with Crippen LogP contribution in [0.1, 0.15) is 43.0 Å². The molecule has 0 aliphatic carbocycles. The second kappa shape index (κ2) is 11.3. The minimum Gasteiger partial charge on any atom is -0.389 e. The van der Waals surface area contributed by atoms with Gasteiger partial charge < -0.3 is 25.7 Å². The maximum Gasteiger partial charge on any atom is 0.251 e. The highest BCUT2D eigenvalue weighted by Crippen LogP contribution is 2.08. The third-order valence-electron chi connectivity index (χ3n) is 4.94. The van der Waals surface area contributed by atoms with Gasteiger partial charge in [0.1, 0.15) is 0 Å². The average Bonchev–Trinajstić information content (AvgIpc) is 3.30. The van der Waals surface area contributed by atoms with Crippen LogP contribution in [0.3, 0.4) is 0 Å². The quantitative estimate of drug-likeness (QED) is 0.606. The zero-order valence-electron chi connectivity index (χ0n) is 15.7. The molecule has 2 saturated heterocycles. The number of carbonyl (C=O) groups is 1. The van der Waals surface area contributed by atoms with E-state index in [0.29, 0.717) is 18.7 Å². The molecule has 0 radical (unpaired) electrons. The Morgan fingerprint density at radius 3 is 2.50 bits per heavy atom. The van der Waals surface area contributed by atoms with Crippen LogP contribution in [-0.4, -0.2) is 72.0 Å². The molecular weight excluding hydrogens is 330 g/mol. The normalized spacial score (nSPS) is 25.6. The standard InChI is InChI=1S/C12H16N2O3.C8H17N/c15-10-7-13-9(11(10)16)6-14-12(17)8-4-2-1-3-5-8;1-2-3-6-9-7-4-5-8-9/h1-5,9-11,13,15-16H,6-7H2,(H,14,17);2-8H2,1H3/t9-,10+,11-;/m1./s1. The number of nitrogens with zero attached hydrogens (tertiary/aromatic N) is 1. The molecule has 3 rings (SSSR count). The fraction of sp³-hybridized carbons (Fsp3) is 0.650. The van der Waals surface area contributed by atoms with Gasteiger partial charge in [0.15, 0.2) is 0 Å². The minimum atomic E-state index is -0.828. The Hall–Kier alpha value is -1.47. The van der Waals surface area contributed by atoms with E-state index in [1.165, 1.54) is 45.3 Å². The lowest BCUT2D eigenvalue weighted by Gasteiger charge is -2.16. The van der Waals surface area contributed by atoms with E-state index in [-0.39, 0.29) is 11.9 Å². The molecule has 6 nitrogen and oxygen atoms in total. The first-order valence-electron chi connectivity index (χ1n) is 9.77. The Kier molecular flexibility index (Phi) is 9.05. The molecule has 0 saturated carbocycles. The summed E-state index contributed by atoms with van der Waals surface area (Å²) in [6.07, 6.45) is 4.02. The van der Waals surface area contributed by atoms with Gasteiger partial charge in [0.05, 0.1) is 18.2 Å². The van der Waals surface area contributed by atoms with Crippen molar-refractivity contribution < 1.29 is 15.0 Å². The van der Waals surface area contributed by atoms with Gasteiger partial charge in [-0.3, -0.25) is 4.79 Å². The number of nitrogens with one attached hydrogen (secondary N) is 2. The zero-order chi connectivity index (χ0) is 18.8. The lowest BCUT2D eigenvalue weighted by Crippen LogP contribution is -2.43. The van der Waals surface area contributed by atoms with E-state index in [0.717, 1.165) is 0 Å². The van der Waals surface area contributed by atoms with Gasteiger partial charge in [0, 0.05) is 18.7 Å². The Labute approximate surface area is 156 Å². The third-order valence-corrected chi connectivity index (χ3v) is 4.94. The lowest BCUT2D eigenvalue weighted by molar-refractivity contribution is 0.0404. The van der Waals surface area contributed by atoms with Crippen molar-refractivity contribution in [2.75, 3.05) is 32.7 Å². The predicted molar refractivity (Wildman–Crippen MR) is 103 cm³/mol. The second-order valence-corrected chi connectivity index (χ2v) is 7.05. The summed E-state index contributed by atoms with van der Waals surface area (Å²) >= 11 is 0. The lowest BCUT2D eigenvalue weighted by atomic mass is 10.1. The summed E-state index contributed by atoms with van der Waals surface area (Å²) in [5, 5.41) is 24.6. The van der Waals surface area contributed by atoms with Crippen molar-refractivity contribution in [3.63, 3.8) is 0 Å². The second-order valence-electron chi connectivity index (χ2n) is 7.05. The van der Waals surface area contributed by atoms with E-state index in [4.69, 9.17) is 0 Å². The summed E-state index contributed by atoms with van der Waals surface area (Å²) in [4.78, 5) is 14.3. The number of β-amino-alcohol motifs (C(OH)–C–C–N with tert-alkyl or cyclic N) is 1. The number of hydrogen-bond acceptors (Lipinski definition) is 5. The first kappa shape index (κ1) is 20.8. The van der Waals surface area contributed by atoms with Gasteiger partial charge in [-0.2, -0.15) is 0 Å². The van der Waals surface area contributed by atoms with Gasteiger partial charge in [-0.1, -0.05) is 31.5 Å². The van der Waals surface area contributed by atoms with Crippen LogP contribution in [0, 0.1) is 0 Å². The van der Waals surface area contributed by atoms with Gasteiger partial charge in [-0.05, 0) is 51.0 Å². The maximum absolute atomic E-state index is 11.7. The number of aliphatic hydroxyl groups excluding tert-OH is 2. The van der Waals surface area contributed by atoms with Gasteiger partial charge in [-0.25, -0.2) is 0 Å². The molecule has 0 aromatic heterocycles. The van der Waals surface area contributed by atoms with E-state index >= 15 is 0 Å². The van der Waals surface area contributed by atoms with E-state index in [2.05, 4.69) is 22.5 Å². The average molecular weight is 364 g/mol. The van der Waals surface area contributed by atoms with Crippen molar-refractivity contribution in [3.8, 4) is 0 Å². The molecule has 1 amide bonds. The molecule has 0 unspecified atom stereocenters. The van der Waals surface area contributed by atoms with Crippen LogP contribution in [0.4, 0.5) is 0 Å². The summed E-state index contributed by atoms with van der Waals surface area (Å²) in [5.41, 5.74) is 0.584. The maximum atomic E-state index is 11.7. The van der Waals surface area contributed by atoms with Gasteiger partial charge in [0.2, 0.25) is 0 Å². The smallest absolute Gasteiger partial charge is 0.251 e. The van der Waals surface area contributed by atoms with Gasteiger partial charge >= 0.3 is 0 Å². The third kappa shape index (κ3) is 6.68. The fourth-order valence-corrected chi connectivity index (χ4v) is 3.26. The molecule has 146 valence electrons. The molecule has 2 aliphatic rings. The topological polar surface area (TPSA) is 84.8 Å². The van der Waals surface area contributed by atoms with Crippen molar-refractivity contribution in [1.29, 1.82) is 0 Å². The first-order valence-corrected chi connectivity index (χ1v) is 9.77. The number of rotatable bonds is 6. The largest absolute Gasteiger partial charge is 0.389 e. The Morgan fingerprint density at radius 2 is 1.92 bits per heavy atom. The molecule has 1 aromatic rings. The van der Waals surface area contributed by atoms with E-state index in [1.807, 2.05) is 6.07 Å². The number of carbonyl (C=O) groups excluding carboxylic acids is 1. The van der Waals surface area contributed by atoms with Gasteiger partial charge in [-0.15, -0.1) is 0 Å². The molecule has 0 spiro atoms. The number of amides is 1. The Balaban J connectivity index is 0.000000228. The summed E-state index contributed by atoms with van der Waals surface area (Å²) in [6.45, 7) is 6.98. The molecule has 2 aliphatic heterocycles.